The summed E-state index contributed by atoms with van der Waals surface area (Å²) < 4.78 is 0.393. The van der Waals surface area contributed by atoms with E-state index in [4.69, 9.17) is 0 Å². The average molecular weight is 394 g/mol. The van der Waals surface area contributed by atoms with Gasteiger partial charge in [0.05, 0.1) is 0 Å². The largest absolute Gasteiger partial charge is 0.286 e. The molecule has 0 heterocycles. The maximum atomic E-state index is 11.3. The van der Waals surface area contributed by atoms with Crippen molar-refractivity contribution in [2.75, 3.05) is 0 Å². The summed E-state index contributed by atoms with van der Waals surface area (Å²) in [5.41, 5.74) is 0. The van der Waals surface area contributed by atoms with Crippen LogP contribution in [-0.2, 0) is 9.59 Å². The van der Waals surface area contributed by atoms with Gasteiger partial charge in [0.2, 0.25) is 9.39 Å². The number of rotatable bonds is 4. The number of halogens is 2. The van der Waals surface area contributed by atoms with Crippen molar-refractivity contribution in [3.63, 3.8) is 0 Å². The Morgan fingerprint density at radius 3 is 1.26 bits per heavy atom. The van der Waals surface area contributed by atoms with E-state index < -0.39 is 0 Å². The third-order valence-corrected chi connectivity index (χ3v) is 6.30. The van der Waals surface area contributed by atoms with Crippen molar-refractivity contribution in [2.45, 2.75) is 57.8 Å². The van der Waals surface area contributed by atoms with Gasteiger partial charge in [-0.2, -0.15) is 0 Å². The van der Waals surface area contributed by atoms with Gasteiger partial charge in [-0.1, -0.05) is 0 Å². The topological polar surface area (TPSA) is 34.1 Å². The molecule has 2 saturated carbocycles. The maximum absolute atomic E-state index is 11.3. The molecule has 0 saturated heterocycles. The SMILES string of the molecule is O=C(Br)C1CCC(CC2CCC(C(=O)Br)CC2)CC1. The predicted molar refractivity (Wildman–Crippen MR) is 83.4 cm³/mol. The van der Waals surface area contributed by atoms with Gasteiger partial charge in [0.15, 0.2) is 0 Å². The molecule has 0 unspecified atom stereocenters. The minimum absolute atomic E-state index is 0.197. The van der Waals surface area contributed by atoms with E-state index in [0.29, 0.717) is 0 Å². The van der Waals surface area contributed by atoms with Crippen molar-refractivity contribution < 1.29 is 9.59 Å². The molecule has 2 aliphatic carbocycles. The van der Waals surface area contributed by atoms with Gasteiger partial charge in [-0.05, 0) is 101 Å². The van der Waals surface area contributed by atoms with Crippen LogP contribution in [0.25, 0.3) is 0 Å². The van der Waals surface area contributed by atoms with E-state index in [1.165, 1.54) is 32.1 Å². The van der Waals surface area contributed by atoms with Crippen LogP contribution in [0.5, 0.6) is 0 Å². The smallest absolute Gasteiger partial charge is 0.200 e. The molecule has 0 bridgehead atoms. The van der Waals surface area contributed by atoms with Crippen LogP contribution in [0.15, 0.2) is 0 Å². The van der Waals surface area contributed by atoms with Crippen molar-refractivity contribution in [3.05, 3.63) is 0 Å². The summed E-state index contributed by atoms with van der Waals surface area (Å²) in [5.74, 6) is 2.14. The minimum Gasteiger partial charge on any atom is -0.286 e. The first-order valence-corrected chi connectivity index (χ1v) is 9.03. The molecule has 19 heavy (non-hydrogen) atoms. The maximum Gasteiger partial charge on any atom is 0.200 e. The van der Waals surface area contributed by atoms with E-state index in [9.17, 15) is 9.59 Å². The van der Waals surface area contributed by atoms with Gasteiger partial charge in [0.1, 0.15) is 0 Å². The Morgan fingerprint density at radius 2 is 1.00 bits per heavy atom. The third-order valence-electron chi connectivity index (χ3n) is 5.00. The minimum atomic E-state index is 0.197. The lowest BCUT2D eigenvalue weighted by Crippen LogP contribution is -2.23. The van der Waals surface area contributed by atoms with Gasteiger partial charge >= 0.3 is 0 Å². The van der Waals surface area contributed by atoms with E-state index in [1.54, 1.807) is 0 Å². The molecule has 0 aliphatic heterocycles. The van der Waals surface area contributed by atoms with Gasteiger partial charge in [-0.25, -0.2) is 0 Å². The van der Waals surface area contributed by atoms with Crippen LogP contribution in [0.4, 0.5) is 0 Å². The van der Waals surface area contributed by atoms with E-state index in [-0.39, 0.29) is 21.2 Å². The Kier molecular flexibility index (Phi) is 6.07. The molecule has 2 nitrogen and oxygen atoms in total. The predicted octanol–water partition coefficient (Wildman–Crippen LogP) is 4.83. The highest BCUT2D eigenvalue weighted by Gasteiger charge is 2.29. The lowest BCUT2D eigenvalue weighted by Gasteiger charge is -2.32. The van der Waals surface area contributed by atoms with Crippen molar-refractivity contribution >= 4 is 41.2 Å². The summed E-state index contributed by atoms with van der Waals surface area (Å²) in [6.45, 7) is 0. The molecule has 0 aromatic rings. The summed E-state index contributed by atoms with van der Waals surface area (Å²) in [6.07, 6.45) is 10.4. The van der Waals surface area contributed by atoms with Gasteiger partial charge in [-0.15, -0.1) is 0 Å². The van der Waals surface area contributed by atoms with Gasteiger partial charge in [0.25, 0.3) is 0 Å². The zero-order valence-corrected chi connectivity index (χ0v) is 14.4. The summed E-state index contributed by atoms with van der Waals surface area (Å²) in [7, 11) is 0. The number of carbonyl (C=O) groups excluding carboxylic acids is 2. The fourth-order valence-electron chi connectivity index (χ4n) is 3.72. The lowest BCUT2D eigenvalue weighted by atomic mass is 9.73. The van der Waals surface area contributed by atoms with Crippen LogP contribution in [0.2, 0.25) is 0 Å². The monoisotopic (exact) mass is 392 g/mol. The van der Waals surface area contributed by atoms with Crippen molar-refractivity contribution in [1.82, 2.24) is 0 Å². The van der Waals surface area contributed by atoms with Crippen LogP contribution in [0.1, 0.15) is 57.8 Å². The highest BCUT2D eigenvalue weighted by molar-refractivity contribution is 9.18. The molecule has 2 aliphatic rings. The van der Waals surface area contributed by atoms with Gasteiger partial charge in [-0.3, -0.25) is 9.59 Å². The Morgan fingerprint density at radius 1 is 0.684 bits per heavy atom. The normalized spacial score (nSPS) is 35.9. The second-order valence-electron chi connectivity index (χ2n) is 6.28. The number of carbonyl (C=O) groups is 2. The van der Waals surface area contributed by atoms with Crippen LogP contribution in [0, 0.1) is 23.7 Å². The number of hydrogen-bond acceptors (Lipinski definition) is 2. The molecule has 0 spiro atoms. The standard InChI is InChI=1S/C15H22Br2O2/c16-14(18)12-5-1-10(2-6-12)9-11-3-7-13(8-4-11)15(17)19/h10-13H,1-9H2. The molecule has 4 heteroatoms. The van der Waals surface area contributed by atoms with Crippen molar-refractivity contribution in [3.8, 4) is 0 Å². The highest BCUT2D eigenvalue weighted by Crippen LogP contribution is 2.39. The lowest BCUT2D eigenvalue weighted by molar-refractivity contribution is -0.115. The second-order valence-corrected chi connectivity index (χ2v) is 7.84. The van der Waals surface area contributed by atoms with Crippen LogP contribution in [-0.4, -0.2) is 9.39 Å². The number of hydrogen-bond donors (Lipinski definition) is 0. The Balaban J connectivity index is 1.69. The van der Waals surface area contributed by atoms with Crippen LogP contribution in [0.3, 0.4) is 0 Å². The Bertz CT molecular complexity index is 295. The van der Waals surface area contributed by atoms with Crippen LogP contribution < -0.4 is 0 Å². The van der Waals surface area contributed by atoms with E-state index in [1.807, 2.05) is 0 Å². The molecule has 0 radical (unpaired) electrons. The highest BCUT2D eigenvalue weighted by atomic mass is 79.9. The van der Waals surface area contributed by atoms with Crippen LogP contribution >= 0.6 is 31.9 Å². The molecular formula is C15H22Br2O2. The molecule has 2 fully saturated rings. The fraction of sp³-hybridized carbons (Fsp3) is 0.867. The first kappa shape index (κ1) is 15.7. The third kappa shape index (κ3) is 4.66. The molecule has 108 valence electrons. The van der Waals surface area contributed by atoms with Gasteiger partial charge in [0, 0.05) is 11.8 Å². The summed E-state index contributed by atoms with van der Waals surface area (Å²) in [6, 6.07) is 0. The fourth-order valence-corrected chi connectivity index (χ4v) is 4.64. The van der Waals surface area contributed by atoms with Gasteiger partial charge < -0.3 is 0 Å². The quantitative estimate of drug-likeness (QED) is 0.640. The Labute approximate surface area is 132 Å². The first-order valence-electron chi connectivity index (χ1n) is 7.45. The summed E-state index contributed by atoms with van der Waals surface area (Å²) >= 11 is 6.20. The molecule has 0 atom stereocenters. The zero-order chi connectivity index (χ0) is 13.8. The molecule has 0 aromatic heterocycles. The average Bonchev–Trinajstić information content (AvgIpc) is 2.40. The van der Waals surface area contributed by atoms with Crippen molar-refractivity contribution in [1.29, 1.82) is 0 Å². The zero-order valence-electron chi connectivity index (χ0n) is 11.2. The summed E-state index contributed by atoms with van der Waals surface area (Å²) in [5, 5.41) is 0. The molecular weight excluding hydrogens is 372 g/mol. The summed E-state index contributed by atoms with van der Waals surface area (Å²) in [4.78, 5) is 22.6. The molecule has 0 amide bonds. The van der Waals surface area contributed by atoms with E-state index >= 15 is 0 Å². The molecule has 2 rings (SSSR count). The molecule has 0 aromatic carbocycles. The van der Waals surface area contributed by atoms with E-state index in [2.05, 4.69) is 31.9 Å². The molecule has 0 N–H and O–H groups in total. The van der Waals surface area contributed by atoms with E-state index in [0.717, 1.165) is 37.5 Å². The second kappa shape index (κ2) is 7.35. The first-order chi connectivity index (χ1) is 9.06. The van der Waals surface area contributed by atoms with Crippen molar-refractivity contribution in [2.24, 2.45) is 23.7 Å². The Hall–Kier alpha value is 0.300.